The minimum Gasteiger partial charge on any atom is -0.317 e. The standard InChI is InChI=1S/C23H49N.C19H41N.C19H40.C5H11N.2CH4/c1-6-11-12-13-14-15-17-22(7-2)19-20-23(8-3)18-16-21-24(9-4)10-5;1-4-7-8-9-10-11-12-13-14-15-16-17-18-19-20(5-2)6-3;1-5-15-19(8-4)17-14-12-10-9-11-13-16-18(6-2)7-3;1-2-4-6-5-3-1;;/h22-23H,6-21H2,1-5H3;4-19H2,1-3H3;18-19H,5-17H2,1-4H3;6H,1-5H2;2*1H4. The number of nitrogens with one attached hydrogen (secondary N) is 1. The van der Waals surface area contributed by atoms with Crippen molar-refractivity contribution in [3.8, 4) is 0 Å². The van der Waals surface area contributed by atoms with Crippen LogP contribution in [0.4, 0.5) is 0 Å². The number of hydrogen-bond donors (Lipinski definition) is 1. The average Bonchev–Trinajstić information content (AvgIpc) is 3.39. The molecule has 0 radical (unpaired) electrons. The molecule has 1 rings (SSSR count). The van der Waals surface area contributed by atoms with Crippen LogP contribution in [0.5, 0.6) is 0 Å². The van der Waals surface area contributed by atoms with Gasteiger partial charge in [0.2, 0.25) is 0 Å². The van der Waals surface area contributed by atoms with Crippen LogP contribution in [-0.2, 0) is 0 Å². The van der Waals surface area contributed by atoms with Crippen LogP contribution in [0.3, 0.4) is 0 Å². The minimum atomic E-state index is 0. The Bertz CT molecular complexity index is 833. The molecule has 0 saturated carbocycles. The highest BCUT2D eigenvalue weighted by atomic mass is 15.1. The van der Waals surface area contributed by atoms with Crippen LogP contribution in [0, 0.1) is 23.7 Å². The quantitative estimate of drug-likeness (QED) is 0.0613. The van der Waals surface area contributed by atoms with Crippen molar-refractivity contribution in [1.29, 1.82) is 0 Å². The van der Waals surface area contributed by atoms with Crippen molar-refractivity contribution in [3.63, 3.8) is 0 Å². The molecular formula is C68H149N3. The van der Waals surface area contributed by atoms with E-state index in [0.29, 0.717) is 0 Å². The van der Waals surface area contributed by atoms with Crippen molar-refractivity contribution in [1.82, 2.24) is 15.1 Å². The lowest BCUT2D eigenvalue weighted by atomic mass is 9.87. The van der Waals surface area contributed by atoms with E-state index in [1.165, 1.54) is 322 Å². The van der Waals surface area contributed by atoms with Gasteiger partial charge in [0.25, 0.3) is 0 Å². The molecule has 3 atom stereocenters. The summed E-state index contributed by atoms with van der Waals surface area (Å²) in [6.45, 7) is 37.9. The first-order valence-electron chi connectivity index (χ1n) is 33.0. The Kier molecular flexibility index (Phi) is 78.5. The van der Waals surface area contributed by atoms with Gasteiger partial charge in [0, 0.05) is 0 Å². The summed E-state index contributed by atoms with van der Waals surface area (Å²) in [6, 6.07) is 0. The average molecular weight is 1010 g/mol. The molecule has 0 aromatic rings. The van der Waals surface area contributed by atoms with Gasteiger partial charge in [-0.15, -0.1) is 0 Å². The highest BCUT2D eigenvalue weighted by Crippen LogP contribution is 2.26. The summed E-state index contributed by atoms with van der Waals surface area (Å²) in [7, 11) is 0. The van der Waals surface area contributed by atoms with Crippen LogP contribution in [0.2, 0.25) is 0 Å². The summed E-state index contributed by atoms with van der Waals surface area (Å²) >= 11 is 0. The molecule has 3 heteroatoms. The lowest BCUT2D eigenvalue weighted by molar-refractivity contribution is 0.274. The first kappa shape index (κ1) is 79.7. The lowest BCUT2D eigenvalue weighted by Crippen LogP contribution is -2.24. The van der Waals surface area contributed by atoms with Gasteiger partial charge >= 0.3 is 0 Å². The number of nitrogens with zero attached hydrogens (tertiary/aromatic N) is 2. The first-order valence-corrected chi connectivity index (χ1v) is 33.0. The van der Waals surface area contributed by atoms with Crippen molar-refractivity contribution in [2.45, 2.75) is 368 Å². The zero-order chi connectivity index (χ0) is 51.5. The zero-order valence-corrected chi connectivity index (χ0v) is 51.1. The first-order chi connectivity index (χ1) is 33.8. The van der Waals surface area contributed by atoms with E-state index in [2.05, 4.69) is 98.2 Å². The molecule has 1 aliphatic rings. The molecule has 0 aromatic heterocycles. The Morgan fingerprint density at radius 3 is 0.831 bits per heavy atom. The van der Waals surface area contributed by atoms with Crippen molar-refractivity contribution in [3.05, 3.63) is 0 Å². The van der Waals surface area contributed by atoms with E-state index in [4.69, 9.17) is 0 Å². The number of piperidine rings is 1. The molecule has 436 valence electrons. The second kappa shape index (κ2) is 69.9. The molecule has 1 saturated heterocycles. The Morgan fingerprint density at radius 1 is 0.268 bits per heavy atom. The van der Waals surface area contributed by atoms with Gasteiger partial charge in [-0.25, -0.2) is 0 Å². The van der Waals surface area contributed by atoms with E-state index in [-0.39, 0.29) is 14.9 Å². The largest absolute Gasteiger partial charge is 0.317 e. The monoisotopic (exact) mass is 1010 g/mol. The number of unbranched alkanes of at least 4 members (excludes halogenated alkanes) is 22. The molecule has 0 aromatic carbocycles. The van der Waals surface area contributed by atoms with E-state index < -0.39 is 0 Å². The van der Waals surface area contributed by atoms with Crippen LogP contribution >= 0.6 is 0 Å². The molecule has 1 N–H and O–H groups in total. The molecule has 0 aliphatic carbocycles. The highest BCUT2D eigenvalue weighted by Gasteiger charge is 2.12. The lowest BCUT2D eigenvalue weighted by Gasteiger charge is -2.22. The molecule has 1 aliphatic heterocycles. The van der Waals surface area contributed by atoms with Crippen LogP contribution < -0.4 is 5.32 Å². The second-order valence-corrected chi connectivity index (χ2v) is 22.4. The highest BCUT2D eigenvalue weighted by molar-refractivity contribution is 4.66. The van der Waals surface area contributed by atoms with Crippen molar-refractivity contribution in [2.75, 3.05) is 52.4 Å². The fourth-order valence-corrected chi connectivity index (χ4v) is 10.9. The summed E-state index contributed by atoms with van der Waals surface area (Å²) in [5, 5.41) is 3.28. The maximum atomic E-state index is 3.28. The number of rotatable bonds is 48. The summed E-state index contributed by atoms with van der Waals surface area (Å²) in [5.74, 6) is 3.98. The fourth-order valence-electron chi connectivity index (χ4n) is 10.9. The maximum absolute atomic E-state index is 3.28. The summed E-state index contributed by atoms with van der Waals surface area (Å²) in [5.41, 5.74) is 0. The van der Waals surface area contributed by atoms with E-state index in [1.54, 1.807) is 0 Å². The third-order valence-corrected chi connectivity index (χ3v) is 16.7. The third-order valence-electron chi connectivity index (χ3n) is 16.7. The summed E-state index contributed by atoms with van der Waals surface area (Å²) in [4.78, 5) is 5.11. The Morgan fingerprint density at radius 2 is 0.549 bits per heavy atom. The second-order valence-electron chi connectivity index (χ2n) is 22.4. The molecule has 0 bridgehead atoms. The topological polar surface area (TPSA) is 18.5 Å². The molecule has 71 heavy (non-hydrogen) atoms. The molecule has 0 amide bonds. The number of hydrogen-bond acceptors (Lipinski definition) is 3. The Labute approximate surface area is 456 Å². The molecule has 1 heterocycles. The molecular weight excluding hydrogens is 859 g/mol. The van der Waals surface area contributed by atoms with Crippen LogP contribution in [0.15, 0.2) is 0 Å². The van der Waals surface area contributed by atoms with Crippen LogP contribution in [0.1, 0.15) is 368 Å². The zero-order valence-electron chi connectivity index (χ0n) is 51.1. The summed E-state index contributed by atoms with van der Waals surface area (Å²) < 4.78 is 0. The van der Waals surface area contributed by atoms with Gasteiger partial charge in [-0.05, 0) is 108 Å². The van der Waals surface area contributed by atoms with Crippen molar-refractivity contribution in [2.24, 2.45) is 23.7 Å². The van der Waals surface area contributed by atoms with Gasteiger partial charge in [0.1, 0.15) is 0 Å². The SMILES string of the molecule is C.C.C1CCNCC1.CCCC(CC)CCCCCCCCC(CC)CC.CCCCCCCCC(CC)CCC(CC)CCCN(CC)CC.CCCCCCCCCCCCCCCN(CC)CC. The van der Waals surface area contributed by atoms with E-state index in [1.807, 2.05) is 0 Å². The summed E-state index contributed by atoms with van der Waals surface area (Å²) in [6.07, 6.45) is 60.6. The van der Waals surface area contributed by atoms with E-state index in [0.717, 1.165) is 23.7 Å². The van der Waals surface area contributed by atoms with Gasteiger partial charge < -0.3 is 15.1 Å². The Hall–Kier alpha value is -0.120. The predicted molar refractivity (Wildman–Crippen MR) is 335 cm³/mol. The predicted octanol–water partition coefficient (Wildman–Crippen LogP) is 23.5. The van der Waals surface area contributed by atoms with Gasteiger partial charge in [-0.3, -0.25) is 0 Å². The molecule has 0 spiro atoms. The van der Waals surface area contributed by atoms with E-state index in [9.17, 15) is 0 Å². The minimum absolute atomic E-state index is 0. The van der Waals surface area contributed by atoms with Crippen molar-refractivity contribution >= 4 is 0 Å². The molecule has 3 nitrogen and oxygen atoms in total. The van der Waals surface area contributed by atoms with Crippen molar-refractivity contribution < 1.29 is 0 Å². The third kappa shape index (κ3) is 62.3. The van der Waals surface area contributed by atoms with Crippen LogP contribution in [0.25, 0.3) is 0 Å². The van der Waals surface area contributed by atoms with Gasteiger partial charge in [0.05, 0.1) is 0 Å². The van der Waals surface area contributed by atoms with Crippen LogP contribution in [-0.4, -0.2) is 62.2 Å². The van der Waals surface area contributed by atoms with Gasteiger partial charge in [-0.2, -0.15) is 0 Å². The normalized spacial score (nSPS) is 13.6. The Balaban J connectivity index is -0.000000286. The van der Waals surface area contributed by atoms with Gasteiger partial charge in [-0.1, -0.05) is 336 Å². The van der Waals surface area contributed by atoms with Gasteiger partial charge in [0.15, 0.2) is 0 Å². The fraction of sp³-hybridized carbons (Fsp3) is 1.00. The molecule has 1 fully saturated rings. The molecule has 3 unspecified atom stereocenters. The smallest absolute Gasteiger partial charge is 0.00189 e. The van der Waals surface area contributed by atoms with E-state index >= 15 is 0 Å². The maximum Gasteiger partial charge on any atom is -0.00189 e.